The van der Waals surface area contributed by atoms with Crippen molar-refractivity contribution in [3.05, 3.63) is 46.0 Å². The molecule has 6 nitrogen and oxygen atoms in total. The van der Waals surface area contributed by atoms with Crippen LogP contribution in [-0.4, -0.2) is 38.6 Å². The highest BCUT2D eigenvalue weighted by atomic mass is 35.5. The van der Waals surface area contributed by atoms with Crippen molar-refractivity contribution in [3.63, 3.8) is 0 Å². The number of hydrogen-bond acceptors (Lipinski definition) is 5. The van der Waals surface area contributed by atoms with Gasteiger partial charge in [0.1, 0.15) is 0 Å². The lowest BCUT2D eigenvalue weighted by atomic mass is 9.89. The molecule has 2 aliphatic carbocycles. The fourth-order valence-electron chi connectivity index (χ4n) is 4.90. The molecule has 0 bridgehead atoms. The first-order valence-corrected chi connectivity index (χ1v) is 13.1. The van der Waals surface area contributed by atoms with Crippen LogP contribution < -0.4 is 5.73 Å². The highest BCUT2D eigenvalue weighted by Crippen LogP contribution is 2.50. The Balaban J connectivity index is 0.000000380. The number of aromatic hydroxyl groups is 1. The van der Waals surface area contributed by atoms with E-state index in [2.05, 4.69) is 17.9 Å². The zero-order chi connectivity index (χ0) is 26.8. The smallest absolute Gasteiger partial charge is 0.303 e. The maximum absolute atomic E-state index is 10.6. The van der Waals surface area contributed by atoms with E-state index in [0.717, 1.165) is 25.7 Å². The third-order valence-electron chi connectivity index (χ3n) is 6.89. The molecule has 0 aliphatic heterocycles. The normalized spacial score (nSPS) is 25.6. The third kappa shape index (κ3) is 9.05. The fourth-order valence-corrected chi connectivity index (χ4v) is 5.40. The lowest BCUT2D eigenvalue weighted by molar-refractivity contribution is -0.137. The van der Waals surface area contributed by atoms with Crippen LogP contribution in [0.15, 0.2) is 35.9 Å². The predicted octanol–water partition coefficient (Wildman–Crippen LogP) is 5.82. The molecule has 0 heterocycles. The first-order valence-electron chi connectivity index (χ1n) is 12.3. The average molecular weight is 539 g/mol. The number of phenols is 1. The predicted molar refractivity (Wildman–Crippen MR) is 145 cm³/mol. The number of carboxylic acid groups (broad SMARTS) is 1. The van der Waals surface area contributed by atoms with Gasteiger partial charge in [-0.1, -0.05) is 53.9 Å². The van der Waals surface area contributed by atoms with Gasteiger partial charge in [-0.2, -0.15) is 0 Å². The molecule has 3 rings (SSSR count). The number of hydrogen-bond donors (Lipinski definition) is 5. The van der Waals surface area contributed by atoms with Crippen LogP contribution in [0.25, 0.3) is 0 Å². The number of nitrogen functional groups attached to an aromatic ring is 1. The van der Waals surface area contributed by atoms with E-state index in [0.29, 0.717) is 30.4 Å². The zero-order valence-corrected chi connectivity index (χ0v) is 22.3. The van der Waals surface area contributed by atoms with E-state index < -0.39 is 12.1 Å². The molecular formula is C28H37Cl2NO5. The van der Waals surface area contributed by atoms with Gasteiger partial charge < -0.3 is 26.2 Å². The van der Waals surface area contributed by atoms with Crippen molar-refractivity contribution < 1.29 is 25.2 Å². The van der Waals surface area contributed by atoms with Gasteiger partial charge in [0.05, 0.1) is 22.3 Å². The number of anilines is 1. The lowest BCUT2D eigenvalue weighted by Gasteiger charge is -2.19. The number of benzene rings is 1. The van der Waals surface area contributed by atoms with E-state index in [1.54, 1.807) is 6.92 Å². The van der Waals surface area contributed by atoms with Crippen LogP contribution in [-0.2, 0) is 4.79 Å². The number of rotatable bonds is 8. The van der Waals surface area contributed by atoms with Gasteiger partial charge in [-0.15, -0.1) is 11.8 Å². The van der Waals surface area contributed by atoms with E-state index in [9.17, 15) is 15.0 Å². The number of nitrogens with two attached hydrogens (primary N) is 1. The Morgan fingerprint density at radius 3 is 2.56 bits per heavy atom. The Bertz CT molecular complexity index is 990. The van der Waals surface area contributed by atoms with E-state index >= 15 is 0 Å². The molecule has 0 saturated heterocycles. The van der Waals surface area contributed by atoms with Crippen LogP contribution in [0.1, 0.15) is 58.8 Å². The van der Waals surface area contributed by atoms with Gasteiger partial charge in [0, 0.05) is 24.4 Å². The number of carboxylic acids is 1. The van der Waals surface area contributed by atoms with Crippen LogP contribution >= 0.6 is 23.2 Å². The summed E-state index contributed by atoms with van der Waals surface area (Å²) < 4.78 is 0. The summed E-state index contributed by atoms with van der Waals surface area (Å²) in [7, 11) is 0. The monoisotopic (exact) mass is 537 g/mol. The summed E-state index contributed by atoms with van der Waals surface area (Å²) in [5.74, 6) is 6.12. The minimum Gasteiger partial charge on any atom is -0.505 e. The fraction of sp³-hybridized carbons (Fsp3) is 0.536. The molecule has 6 atom stereocenters. The zero-order valence-electron chi connectivity index (χ0n) is 20.8. The molecule has 1 aromatic rings. The van der Waals surface area contributed by atoms with Gasteiger partial charge in [0.15, 0.2) is 5.75 Å². The minimum atomic E-state index is -0.738. The van der Waals surface area contributed by atoms with Crippen LogP contribution in [0, 0.1) is 35.5 Å². The SMILES string of the molecule is CC#CCC(C)[C@H](O)/C=C/C1[C@H](O)C[C@@H]2C/C(=C\CCCC(=O)O)C[C@H]12.Nc1cc(Cl)c(O)c(Cl)c1. The lowest BCUT2D eigenvalue weighted by Crippen LogP contribution is -2.19. The molecule has 2 saturated carbocycles. The summed E-state index contributed by atoms with van der Waals surface area (Å²) >= 11 is 11.0. The highest BCUT2D eigenvalue weighted by Gasteiger charge is 2.44. The summed E-state index contributed by atoms with van der Waals surface area (Å²) in [6.07, 6.45) is 10.4. The number of unbranched alkanes of at least 4 members (excludes halogenated alkanes) is 1. The molecule has 0 spiro atoms. The van der Waals surface area contributed by atoms with Gasteiger partial charge in [-0.3, -0.25) is 4.79 Å². The quantitative estimate of drug-likeness (QED) is 0.0934. The van der Waals surface area contributed by atoms with Crippen LogP contribution in [0.2, 0.25) is 10.0 Å². The number of aliphatic hydroxyl groups excluding tert-OH is 2. The second-order valence-electron chi connectivity index (χ2n) is 9.68. The summed E-state index contributed by atoms with van der Waals surface area (Å²) in [6.45, 7) is 3.79. The Kier molecular flexibility index (Phi) is 12.1. The first-order chi connectivity index (χ1) is 17.0. The summed E-state index contributed by atoms with van der Waals surface area (Å²) in [6, 6.07) is 2.87. The summed E-state index contributed by atoms with van der Waals surface area (Å²) in [5.41, 5.74) is 7.19. The highest BCUT2D eigenvalue weighted by molar-refractivity contribution is 6.37. The molecule has 198 valence electrons. The van der Waals surface area contributed by atoms with Crippen LogP contribution in [0.5, 0.6) is 5.75 Å². The third-order valence-corrected chi connectivity index (χ3v) is 7.47. The minimum absolute atomic E-state index is 0.0845. The van der Waals surface area contributed by atoms with Crippen LogP contribution in [0.4, 0.5) is 5.69 Å². The second-order valence-corrected chi connectivity index (χ2v) is 10.5. The van der Waals surface area contributed by atoms with Crippen molar-refractivity contribution in [1.29, 1.82) is 0 Å². The Labute approximate surface area is 223 Å². The van der Waals surface area contributed by atoms with E-state index in [-0.39, 0.29) is 40.2 Å². The molecule has 0 radical (unpaired) electrons. The van der Waals surface area contributed by atoms with Gasteiger partial charge in [-0.05, 0) is 68.9 Å². The van der Waals surface area contributed by atoms with E-state index in [1.807, 2.05) is 19.1 Å². The van der Waals surface area contributed by atoms with Crippen molar-refractivity contribution in [3.8, 4) is 17.6 Å². The number of fused-ring (bicyclic) bond motifs is 1. The second kappa shape index (κ2) is 14.5. The molecule has 36 heavy (non-hydrogen) atoms. The largest absolute Gasteiger partial charge is 0.505 e. The van der Waals surface area contributed by atoms with Crippen molar-refractivity contribution in [2.24, 2.45) is 23.7 Å². The van der Waals surface area contributed by atoms with Gasteiger partial charge >= 0.3 is 5.97 Å². The Morgan fingerprint density at radius 2 is 1.94 bits per heavy atom. The van der Waals surface area contributed by atoms with Crippen molar-refractivity contribution >= 4 is 34.9 Å². The van der Waals surface area contributed by atoms with E-state index in [1.165, 1.54) is 17.7 Å². The Morgan fingerprint density at radius 1 is 1.28 bits per heavy atom. The molecule has 0 aromatic heterocycles. The van der Waals surface area contributed by atoms with Crippen molar-refractivity contribution in [2.45, 2.75) is 71.0 Å². The standard InChI is InChI=1S/C22H32O4.C6H5Cl2NO/c1-3-4-7-15(2)20(23)11-10-18-19-13-16(8-5-6-9-22(25)26)12-17(19)14-21(18)24;7-4-1-3(9)2-5(8)6(4)10/h8,10-11,15,17-21,23-24H,5-7,9,12-14H2,1-2H3,(H,25,26);1-2,10H,9H2/b11-10+,16-8+;/t15?,17-,18?,19-,20+,21+;/m0./s1. The van der Waals surface area contributed by atoms with E-state index in [4.69, 9.17) is 39.1 Å². The Hall–Kier alpha value is -2.17. The number of halogens is 2. The number of aliphatic carboxylic acids is 1. The number of allylic oxidation sites excluding steroid dienone is 2. The summed E-state index contributed by atoms with van der Waals surface area (Å²) in [4.78, 5) is 10.6. The van der Waals surface area contributed by atoms with Crippen LogP contribution in [0.3, 0.4) is 0 Å². The van der Waals surface area contributed by atoms with Gasteiger partial charge in [-0.25, -0.2) is 0 Å². The van der Waals surface area contributed by atoms with Crippen molar-refractivity contribution in [2.75, 3.05) is 5.73 Å². The molecule has 6 N–H and O–H groups in total. The maximum Gasteiger partial charge on any atom is 0.303 e. The molecular weight excluding hydrogens is 501 g/mol. The number of aliphatic hydroxyl groups is 2. The number of carbonyl (C=O) groups is 1. The van der Waals surface area contributed by atoms with Gasteiger partial charge in [0.25, 0.3) is 0 Å². The molecule has 2 fully saturated rings. The topological polar surface area (TPSA) is 124 Å². The van der Waals surface area contributed by atoms with Crippen molar-refractivity contribution in [1.82, 2.24) is 0 Å². The molecule has 1 aromatic carbocycles. The molecule has 2 unspecified atom stereocenters. The molecule has 2 aliphatic rings. The van der Waals surface area contributed by atoms with Gasteiger partial charge in [0.2, 0.25) is 0 Å². The number of phenolic OH excluding ortho intramolecular Hbond substituents is 1. The summed E-state index contributed by atoms with van der Waals surface area (Å²) in [5, 5.41) is 38.7. The first kappa shape index (κ1) is 30.1. The maximum atomic E-state index is 10.6. The molecule has 8 heteroatoms. The molecule has 0 amide bonds. The average Bonchev–Trinajstić information content (AvgIpc) is 3.33.